The van der Waals surface area contributed by atoms with Gasteiger partial charge in [0.05, 0.1) is 6.54 Å². The van der Waals surface area contributed by atoms with Crippen molar-refractivity contribution in [3.8, 4) is 0 Å². The van der Waals surface area contributed by atoms with Crippen LogP contribution >= 0.6 is 0 Å². The molecule has 0 aromatic heterocycles. The van der Waals surface area contributed by atoms with Crippen LogP contribution in [0.4, 0.5) is 10.1 Å². The molecular formula is C24H33FN4O. The van der Waals surface area contributed by atoms with Gasteiger partial charge in [0.25, 0.3) is 0 Å². The van der Waals surface area contributed by atoms with Gasteiger partial charge in [-0.25, -0.2) is 4.39 Å². The molecule has 2 aromatic carbocycles. The van der Waals surface area contributed by atoms with E-state index in [0.29, 0.717) is 13.1 Å². The molecule has 1 aliphatic rings. The summed E-state index contributed by atoms with van der Waals surface area (Å²) in [5, 5.41) is 3.06. The summed E-state index contributed by atoms with van der Waals surface area (Å²) in [6, 6.07) is 17.0. The highest BCUT2D eigenvalue weighted by molar-refractivity contribution is 5.77. The second-order valence-electron chi connectivity index (χ2n) is 7.99. The highest BCUT2D eigenvalue weighted by Crippen LogP contribution is 2.11. The third-order valence-corrected chi connectivity index (χ3v) is 5.56. The van der Waals surface area contributed by atoms with E-state index in [4.69, 9.17) is 0 Å². The van der Waals surface area contributed by atoms with Crippen molar-refractivity contribution in [1.82, 2.24) is 15.1 Å². The molecule has 0 unspecified atom stereocenters. The maximum absolute atomic E-state index is 13.1. The van der Waals surface area contributed by atoms with Crippen LogP contribution in [-0.2, 0) is 11.3 Å². The van der Waals surface area contributed by atoms with Crippen LogP contribution in [0.5, 0.6) is 0 Å². The lowest BCUT2D eigenvalue weighted by Crippen LogP contribution is -2.40. The third-order valence-electron chi connectivity index (χ3n) is 5.56. The van der Waals surface area contributed by atoms with Crippen molar-refractivity contribution in [3.63, 3.8) is 0 Å². The first-order valence-corrected chi connectivity index (χ1v) is 10.8. The highest BCUT2D eigenvalue weighted by Gasteiger charge is 2.17. The number of hydrogen-bond acceptors (Lipinski definition) is 4. The number of hydrogen-bond donors (Lipinski definition) is 1. The molecule has 0 atom stereocenters. The van der Waals surface area contributed by atoms with E-state index in [-0.39, 0.29) is 11.7 Å². The van der Waals surface area contributed by atoms with Crippen LogP contribution in [0.1, 0.15) is 18.4 Å². The lowest BCUT2D eigenvalue weighted by atomic mass is 10.2. The molecule has 0 radical (unpaired) electrons. The summed E-state index contributed by atoms with van der Waals surface area (Å²) in [6.45, 7) is 6.63. The zero-order valence-corrected chi connectivity index (χ0v) is 17.9. The Kier molecular flexibility index (Phi) is 8.66. The van der Waals surface area contributed by atoms with Crippen molar-refractivity contribution < 1.29 is 9.18 Å². The molecule has 30 heavy (non-hydrogen) atoms. The van der Waals surface area contributed by atoms with E-state index < -0.39 is 0 Å². The molecule has 6 heteroatoms. The number of amides is 1. The van der Waals surface area contributed by atoms with Gasteiger partial charge in [-0.1, -0.05) is 30.3 Å². The predicted molar refractivity (Wildman–Crippen MR) is 120 cm³/mol. The number of anilines is 1. The minimum atomic E-state index is -0.196. The molecule has 1 fully saturated rings. The Bertz CT molecular complexity index is 769. The summed E-state index contributed by atoms with van der Waals surface area (Å²) in [7, 11) is 2.08. The number of carbonyl (C=O) groups is 1. The molecule has 1 aliphatic heterocycles. The van der Waals surface area contributed by atoms with Gasteiger partial charge in [0, 0.05) is 45.5 Å². The second kappa shape index (κ2) is 11.7. The van der Waals surface area contributed by atoms with Gasteiger partial charge in [0.15, 0.2) is 0 Å². The largest absolute Gasteiger partial charge is 0.375 e. The average Bonchev–Trinajstić information content (AvgIpc) is 2.98. The summed E-state index contributed by atoms with van der Waals surface area (Å²) in [4.78, 5) is 19.1. The van der Waals surface area contributed by atoms with Crippen LogP contribution in [0.3, 0.4) is 0 Å². The fraction of sp³-hybridized carbons (Fsp3) is 0.458. The van der Waals surface area contributed by atoms with Gasteiger partial charge in [-0.05, 0) is 55.8 Å². The highest BCUT2D eigenvalue weighted by atomic mass is 19.1. The Morgan fingerprint density at radius 1 is 1.00 bits per heavy atom. The molecule has 1 heterocycles. The minimum absolute atomic E-state index is 0.101. The summed E-state index contributed by atoms with van der Waals surface area (Å²) >= 11 is 0. The fourth-order valence-electron chi connectivity index (χ4n) is 3.80. The summed E-state index contributed by atoms with van der Waals surface area (Å²) in [5.41, 5.74) is 2.32. The molecular weight excluding hydrogens is 379 g/mol. The maximum Gasteiger partial charge on any atom is 0.234 e. The number of halogens is 1. The van der Waals surface area contributed by atoms with Crippen LogP contribution < -0.4 is 10.2 Å². The lowest BCUT2D eigenvalue weighted by Gasteiger charge is -2.22. The van der Waals surface area contributed by atoms with Gasteiger partial charge in [-0.15, -0.1) is 0 Å². The topological polar surface area (TPSA) is 38.8 Å². The normalized spacial score (nSPS) is 15.5. The first-order valence-electron chi connectivity index (χ1n) is 10.8. The van der Waals surface area contributed by atoms with Crippen LogP contribution in [0, 0.1) is 5.82 Å². The predicted octanol–water partition coefficient (Wildman–Crippen LogP) is 2.98. The lowest BCUT2D eigenvalue weighted by molar-refractivity contribution is -0.122. The number of nitrogens with one attached hydrogen (secondary N) is 1. The monoisotopic (exact) mass is 412 g/mol. The molecule has 0 spiro atoms. The molecule has 0 saturated carbocycles. The standard InChI is InChI=1S/C24H33FN4O/c1-27(23-7-3-2-4-8-23)14-5-13-26-24(30)20-29-16-6-15-28(17-18-29)19-21-9-11-22(25)12-10-21/h2-4,7-12H,5-6,13-20H2,1H3,(H,26,30). The van der Waals surface area contributed by atoms with E-state index >= 15 is 0 Å². The molecule has 3 rings (SSSR count). The average molecular weight is 413 g/mol. The van der Waals surface area contributed by atoms with E-state index in [2.05, 4.69) is 39.2 Å². The number of benzene rings is 2. The Morgan fingerprint density at radius 2 is 1.70 bits per heavy atom. The van der Waals surface area contributed by atoms with Crippen LogP contribution in [0.15, 0.2) is 54.6 Å². The Hall–Kier alpha value is -2.44. The zero-order valence-electron chi connectivity index (χ0n) is 17.9. The van der Waals surface area contributed by atoms with Gasteiger partial charge in [-0.3, -0.25) is 14.6 Å². The van der Waals surface area contributed by atoms with E-state index in [1.54, 1.807) is 0 Å². The second-order valence-corrected chi connectivity index (χ2v) is 7.99. The van der Waals surface area contributed by atoms with E-state index in [9.17, 15) is 9.18 Å². The summed E-state index contributed by atoms with van der Waals surface area (Å²) in [6.07, 6.45) is 1.96. The maximum atomic E-state index is 13.1. The van der Waals surface area contributed by atoms with Gasteiger partial charge < -0.3 is 10.2 Å². The fourth-order valence-corrected chi connectivity index (χ4v) is 3.80. The Morgan fingerprint density at radius 3 is 2.47 bits per heavy atom. The molecule has 1 saturated heterocycles. The van der Waals surface area contributed by atoms with Crippen molar-refractivity contribution in [2.24, 2.45) is 0 Å². The molecule has 2 aromatic rings. The van der Waals surface area contributed by atoms with Crippen molar-refractivity contribution in [2.45, 2.75) is 19.4 Å². The molecule has 162 valence electrons. The van der Waals surface area contributed by atoms with Gasteiger partial charge in [0.1, 0.15) is 5.82 Å². The van der Waals surface area contributed by atoms with Crippen molar-refractivity contribution in [2.75, 3.05) is 57.8 Å². The SMILES string of the molecule is CN(CCCNC(=O)CN1CCCN(Cc2ccc(F)cc2)CC1)c1ccccc1. The molecule has 1 amide bonds. The summed E-state index contributed by atoms with van der Waals surface area (Å²) in [5.74, 6) is -0.0946. The van der Waals surface area contributed by atoms with Gasteiger partial charge in [-0.2, -0.15) is 0 Å². The molecule has 0 aliphatic carbocycles. The zero-order chi connectivity index (χ0) is 21.2. The van der Waals surface area contributed by atoms with Crippen molar-refractivity contribution in [3.05, 3.63) is 66.0 Å². The Balaban J connectivity index is 1.32. The Labute approximate surface area is 179 Å². The van der Waals surface area contributed by atoms with Crippen LogP contribution in [-0.4, -0.2) is 68.6 Å². The van der Waals surface area contributed by atoms with Crippen LogP contribution in [0.25, 0.3) is 0 Å². The van der Waals surface area contributed by atoms with E-state index in [1.165, 1.54) is 17.8 Å². The molecule has 0 bridgehead atoms. The van der Waals surface area contributed by atoms with Crippen LogP contribution in [0.2, 0.25) is 0 Å². The molecule has 5 nitrogen and oxygen atoms in total. The van der Waals surface area contributed by atoms with E-state index in [0.717, 1.165) is 57.7 Å². The third kappa shape index (κ3) is 7.43. The van der Waals surface area contributed by atoms with Gasteiger partial charge in [0.2, 0.25) is 5.91 Å². The quantitative estimate of drug-likeness (QED) is 0.643. The number of rotatable bonds is 9. The number of nitrogens with zero attached hydrogens (tertiary/aromatic N) is 3. The number of carbonyl (C=O) groups excluding carboxylic acids is 1. The minimum Gasteiger partial charge on any atom is -0.375 e. The first kappa shape index (κ1) is 22.2. The smallest absolute Gasteiger partial charge is 0.234 e. The number of para-hydroxylation sites is 1. The van der Waals surface area contributed by atoms with Crippen molar-refractivity contribution in [1.29, 1.82) is 0 Å². The van der Waals surface area contributed by atoms with Gasteiger partial charge >= 0.3 is 0 Å². The summed E-state index contributed by atoms with van der Waals surface area (Å²) < 4.78 is 13.1. The van der Waals surface area contributed by atoms with E-state index in [1.807, 2.05) is 30.3 Å². The molecule has 1 N–H and O–H groups in total. The first-order chi connectivity index (χ1) is 14.6. The van der Waals surface area contributed by atoms with Crippen molar-refractivity contribution >= 4 is 11.6 Å².